The standard InChI is InChI=1S/C12H20ClN3O/c1-3-16-11(6-10(2)14-16)8-15-4-5-17-12(7-13)9-15/h6,12H,3-5,7-9H2,1-2H3. The van der Waals surface area contributed by atoms with E-state index in [2.05, 4.69) is 27.7 Å². The van der Waals surface area contributed by atoms with Crippen molar-refractivity contribution in [2.24, 2.45) is 0 Å². The van der Waals surface area contributed by atoms with Crippen LogP contribution < -0.4 is 0 Å². The van der Waals surface area contributed by atoms with Gasteiger partial charge in [0, 0.05) is 32.1 Å². The summed E-state index contributed by atoms with van der Waals surface area (Å²) in [6.45, 7) is 8.68. The summed E-state index contributed by atoms with van der Waals surface area (Å²) < 4.78 is 7.63. The Hall–Kier alpha value is -0.580. The first-order chi connectivity index (χ1) is 8.22. The molecule has 0 aromatic carbocycles. The van der Waals surface area contributed by atoms with Gasteiger partial charge < -0.3 is 4.74 Å². The summed E-state index contributed by atoms with van der Waals surface area (Å²) in [5.74, 6) is 0.572. The normalized spacial score (nSPS) is 21.9. The summed E-state index contributed by atoms with van der Waals surface area (Å²) in [6.07, 6.45) is 0.171. The number of nitrogens with zero attached hydrogens (tertiary/aromatic N) is 3. The van der Waals surface area contributed by atoms with Crippen molar-refractivity contribution in [2.75, 3.05) is 25.6 Å². The molecular weight excluding hydrogens is 238 g/mol. The molecule has 1 atom stereocenters. The topological polar surface area (TPSA) is 30.3 Å². The molecule has 0 radical (unpaired) electrons. The lowest BCUT2D eigenvalue weighted by Crippen LogP contribution is -2.43. The number of hydrogen-bond acceptors (Lipinski definition) is 3. The highest BCUT2D eigenvalue weighted by Crippen LogP contribution is 2.12. The molecule has 0 bridgehead atoms. The Kier molecular flexibility index (Phi) is 4.42. The summed E-state index contributed by atoms with van der Waals surface area (Å²) >= 11 is 5.84. The minimum atomic E-state index is 0.171. The van der Waals surface area contributed by atoms with E-state index in [0.29, 0.717) is 5.88 Å². The van der Waals surface area contributed by atoms with E-state index in [4.69, 9.17) is 16.3 Å². The van der Waals surface area contributed by atoms with E-state index in [0.717, 1.165) is 38.5 Å². The van der Waals surface area contributed by atoms with E-state index in [1.807, 2.05) is 6.92 Å². The number of ether oxygens (including phenoxy) is 1. The van der Waals surface area contributed by atoms with Gasteiger partial charge >= 0.3 is 0 Å². The van der Waals surface area contributed by atoms with Crippen LogP contribution in [0.15, 0.2) is 6.07 Å². The minimum Gasteiger partial charge on any atom is -0.374 e. The molecule has 96 valence electrons. The number of hydrogen-bond donors (Lipinski definition) is 0. The Bertz CT molecular complexity index is 367. The summed E-state index contributed by atoms with van der Waals surface area (Å²) in [6, 6.07) is 2.16. The maximum absolute atomic E-state index is 5.84. The fourth-order valence-corrected chi connectivity index (χ4v) is 2.43. The first-order valence-electron chi connectivity index (χ1n) is 6.16. The number of halogens is 1. The number of rotatable bonds is 4. The van der Waals surface area contributed by atoms with Gasteiger partial charge in [0.1, 0.15) is 0 Å². The van der Waals surface area contributed by atoms with Gasteiger partial charge in [-0.2, -0.15) is 5.10 Å². The molecule has 1 aliphatic heterocycles. The third-order valence-electron chi connectivity index (χ3n) is 3.07. The van der Waals surface area contributed by atoms with Crippen molar-refractivity contribution in [1.29, 1.82) is 0 Å². The third-order valence-corrected chi connectivity index (χ3v) is 3.41. The molecule has 2 rings (SSSR count). The van der Waals surface area contributed by atoms with Crippen LogP contribution >= 0.6 is 11.6 Å². The molecule has 1 saturated heterocycles. The van der Waals surface area contributed by atoms with Gasteiger partial charge in [0.2, 0.25) is 0 Å². The summed E-state index contributed by atoms with van der Waals surface area (Å²) in [5.41, 5.74) is 2.37. The second-order valence-corrected chi connectivity index (χ2v) is 4.78. The maximum atomic E-state index is 5.84. The molecule has 0 saturated carbocycles. The van der Waals surface area contributed by atoms with Crippen LogP contribution in [0, 0.1) is 6.92 Å². The Balaban J connectivity index is 1.99. The molecule has 1 aliphatic rings. The summed E-state index contributed by atoms with van der Waals surface area (Å²) in [5, 5.41) is 4.47. The third kappa shape index (κ3) is 3.21. The second kappa shape index (κ2) is 5.85. The van der Waals surface area contributed by atoms with Crippen molar-refractivity contribution >= 4 is 11.6 Å². The molecule has 4 nitrogen and oxygen atoms in total. The van der Waals surface area contributed by atoms with Crippen LogP contribution in [0.4, 0.5) is 0 Å². The first kappa shape index (κ1) is 12.9. The van der Waals surface area contributed by atoms with Crippen molar-refractivity contribution in [3.8, 4) is 0 Å². The SMILES string of the molecule is CCn1nc(C)cc1CN1CCOC(CCl)C1. The van der Waals surface area contributed by atoms with Gasteiger partial charge in [-0.15, -0.1) is 11.6 Å². The van der Waals surface area contributed by atoms with Gasteiger partial charge in [0.25, 0.3) is 0 Å². The molecule has 1 fully saturated rings. The van der Waals surface area contributed by atoms with Crippen LogP contribution in [0.25, 0.3) is 0 Å². The van der Waals surface area contributed by atoms with Crippen LogP contribution in [0.3, 0.4) is 0 Å². The summed E-state index contributed by atoms with van der Waals surface area (Å²) in [7, 11) is 0. The van der Waals surface area contributed by atoms with Crippen molar-refractivity contribution in [1.82, 2.24) is 14.7 Å². The zero-order chi connectivity index (χ0) is 12.3. The number of aromatic nitrogens is 2. The fraction of sp³-hybridized carbons (Fsp3) is 0.750. The molecule has 1 unspecified atom stereocenters. The lowest BCUT2D eigenvalue weighted by Gasteiger charge is -2.31. The smallest absolute Gasteiger partial charge is 0.0837 e. The van der Waals surface area contributed by atoms with Crippen LogP contribution in [0.1, 0.15) is 18.3 Å². The highest BCUT2D eigenvalue weighted by molar-refractivity contribution is 6.18. The molecule has 5 heteroatoms. The van der Waals surface area contributed by atoms with Gasteiger partial charge in [-0.3, -0.25) is 9.58 Å². The van der Waals surface area contributed by atoms with E-state index in [9.17, 15) is 0 Å². The number of morpholine rings is 1. The van der Waals surface area contributed by atoms with E-state index < -0.39 is 0 Å². The average molecular weight is 258 g/mol. The highest BCUT2D eigenvalue weighted by Gasteiger charge is 2.20. The molecule has 0 amide bonds. The maximum Gasteiger partial charge on any atom is 0.0837 e. The van der Waals surface area contributed by atoms with Gasteiger partial charge in [-0.1, -0.05) is 0 Å². The lowest BCUT2D eigenvalue weighted by atomic mass is 10.2. The molecule has 2 heterocycles. The zero-order valence-electron chi connectivity index (χ0n) is 10.5. The Morgan fingerprint density at radius 3 is 3.12 bits per heavy atom. The molecule has 1 aromatic heterocycles. The van der Waals surface area contributed by atoms with Gasteiger partial charge in [0.05, 0.1) is 24.1 Å². The Morgan fingerprint density at radius 2 is 2.41 bits per heavy atom. The van der Waals surface area contributed by atoms with E-state index >= 15 is 0 Å². The van der Waals surface area contributed by atoms with Crippen LogP contribution in [0.5, 0.6) is 0 Å². The van der Waals surface area contributed by atoms with E-state index in [-0.39, 0.29) is 6.10 Å². The molecule has 0 N–H and O–H groups in total. The largest absolute Gasteiger partial charge is 0.374 e. The van der Waals surface area contributed by atoms with Gasteiger partial charge in [-0.25, -0.2) is 0 Å². The van der Waals surface area contributed by atoms with Crippen molar-refractivity contribution < 1.29 is 4.74 Å². The molecule has 1 aromatic rings. The summed E-state index contributed by atoms with van der Waals surface area (Å²) in [4.78, 5) is 2.39. The quantitative estimate of drug-likeness (QED) is 0.769. The van der Waals surface area contributed by atoms with Crippen LogP contribution in [-0.2, 0) is 17.8 Å². The lowest BCUT2D eigenvalue weighted by molar-refractivity contribution is -0.0201. The predicted octanol–water partition coefficient (Wildman–Crippen LogP) is 1.65. The molecule has 17 heavy (non-hydrogen) atoms. The van der Waals surface area contributed by atoms with Crippen molar-refractivity contribution in [3.63, 3.8) is 0 Å². The van der Waals surface area contributed by atoms with Crippen LogP contribution in [-0.4, -0.2) is 46.4 Å². The Morgan fingerprint density at radius 1 is 1.59 bits per heavy atom. The monoisotopic (exact) mass is 257 g/mol. The first-order valence-corrected chi connectivity index (χ1v) is 6.69. The fourth-order valence-electron chi connectivity index (χ4n) is 2.25. The average Bonchev–Trinajstić information content (AvgIpc) is 2.69. The Labute approximate surface area is 107 Å². The van der Waals surface area contributed by atoms with Crippen LogP contribution in [0.2, 0.25) is 0 Å². The number of alkyl halides is 1. The van der Waals surface area contributed by atoms with E-state index in [1.54, 1.807) is 0 Å². The highest BCUT2D eigenvalue weighted by atomic mass is 35.5. The van der Waals surface area contributed by atoms with Gasteiger partial charge in [-0.05, 0) is 19.9 Å². The molecule has 0 aliphatic carbocycles. The van der Waals surface area contributed by atoms with Crippen molar-refractivity contribution in [2.45, 2.75) is 33.0 Å². The molecule has 0 spiro atoms. The van der Waals surface area contributed by atoms with Crippen molar-refractivity contribution in [3.05, 3.63) is 17.5 Å². The minimum absolute atomic E-state index is 0.171. The number of aryl methyl sites for hydroxylation is 2. The van der Waals surface area contributed by atoms with Gasteiger partial charge in [0.15, 0.2) is 0 Å². The predicted molar refractivity (Wildman–Crippen MR) is 68.4 cm³/mol. The zero-order valence-corrected chi connectivity index (χ0v) is 11.3. The molecular formula is C12H20ClN3O. The van der Waals surface area contributed by atoms with E-state index in [1.165, 1.54) is 5.69 Å². The second-order valence-electron chi connectivity index (χ2n) is 4.48.